The fourth-order valence-corrected chi connectivity index (χ4v) is 4.54. The predicted molar refractivity (Wildman–Crippen MR) is 126 cm³/mol. The monoisotopic (exact) mass is 488 g/mol. The molecule has 0 radical (unpaired) electrons. The van der Waals surface area contributed by atoms with E-state index in [2.05, 4.69) is 4.98 Å². The summed E-state index contributed by atoms with van der Waals surface area (Å²) in [6.45, 7) is -0.0135. The van der Waals surface area contributed by atoms with Gasteiger partial charge in [-0.3, -0.25) is 9.78 Å². The summed E-state index contributed by atoms with van der Waals surface area (Å²) in [4.78, 5) is 19.6. The molecule has 1 amide bonds. The second kappa shape index (κ2) is 9.93. The van der Waals surface area contributed by atoms with Gasteiger partial charge in [-0.1, -0.05) is 48.0 Å². The van der Waals surface area contributed by atoms with Crippen LogP contribution in [-0.2, 0) is 24.3 Å². The van der Waals surface area contributed by atoms with Gasteiger partial charge in [-0.05, 0) is 42.7 Å². The number of aryl methyl sites for hydroxylation is 1. The molecule has 2 heterocycles. The molecular weight excluding hydrogens is 465 g/mol. The molecule has 2 N–H and O–H groups in total. The Kier molecular flexibility index (Phi) is 6.97. The Balaban J connectivity index is 1.75. The Labute approximate surface area is 200 Å². The lowest BCUT2D eigenvalue weighted by atomic mass is 10.0. The van der Waals surface area contributed by atoms with Crippen LogP contribution in [-0.4, -0.2) is 34.6 Å². The molecule has 0 aliphatic carbocycles. The van der Waals surface area contributed by atoms with Crippen LogP contribution in [0.15, 0.2) is 66.9 Å². The number of halogens is 4. The molecule has 0 saturated heterocycles. The molecule has 0 spiro atoms. The van der Waals surface area contributed by atoms with Crippen LogP contribution in [0.5, 0.6) is 0 Å². The fourth-order valence-electron chi connectivity index (χ4n) is 4.31. The Morgan fingerprint density at radius 2 is 1.88 bits per heavy atom. The second-order valence-corrected chi connectivity index (χ2v) is 8.71. The van der Waals surface area contributed by atoms with E-state index in [1.54, 1.807) is 30.5 Å². The van der Waals surface area contributed by atoms with Crippen molar-refractivity contribution in [1.29, 1.82) is 0 Å². The predicted octanol–water partition coefficient (Wildman–Crippen LogP) is 5.23. The fraction of sp³-hybridized carbons (Fsp3) is 0.280. The van der Waals surface area contributed by atoms with Crippen molar-refractivity contribution in [3.05, 3.63) is 88.7 Å². The zero-order valence-corrected chi connectivity index (χ0v) is 19.1. The van der Waals surface area contributed by atoms with Crippen LogP contribution in [0.1, 0.15) is 23.2 Å². The van der Waals surface area contributed by atoms with Crippen LogP contribution < -0.4 is 10.6 Å². The Morgan fingerprint density at radius 1 is 1.12 bits per heavy atom. The molecule has 0 fully saturated rings. The minimum Gasteiger partial charge on any atom is -0.399 e. The van der Waals surface area contributed by atoms with E-state index in [-0.39, 0.29) is 13.1 Å². The summed E-state index contributed by atoms with van der Waals surface area (Å²) in [5, 5.41) is 0.312. The second-order valence-electron chi connectivity index (χ2n) is 8.31. The average Bonchev–Trinajstić information content (AvgIpc) is 2.95. The number of carbonyl (C=O) groups excluding carboxylic acids is 1. The number of rotatable bonds is 5. The van der Waals surface area contributed by atoms with Gasteiger partial charge in [-0.2, -0.15) is 13.2 Å². The minimum atomic E-state index is -4.98. The normalized spacial score (nSPS) is 16.2. The van der Waals surface area contributed by atoms with Crippen molar-refractivity contribution < 1.29 is 18.0 Å². The van der Waals surface area contributed by atoms with Gasteiger partial charge in [0.05, 0.1) is 12.2 Å². The summed E-state index contributed by atoms with van der Waals surface area (Å²) < 4.78 is 40.3. The van der Waals surface area contributed by atoms with Gasteiger partial charge in [0.15, 0.2) is 0 Å². The number of anilines is 2. The highest BCUT2D eigenvalue weighted by atomic mass is 35.5. The third-order valence-electron chi connectivity index (χ3n) is 5.94. The average molecular weight is 489 g/mol. The standard InChI is InChI=1S/C25H24ClF3N4O/c26-22-7-4-8-23-21(22)16-32(24(34)25(27,28)29)15-20(10-9-17-5-2-1-3-6-17)33(23)14-19-13-18(30)11-12-31-19/h1-8,11-13,20H,9-10,14-16H2,(H2,30,31)/t20-/m1/s1. The summed E-state index contributed by atoms with van der Waals surface area (Å²) >= 11 is 6.43. The summed E-state index contributed by atoms with van der Waals surface area (Å²) in [6, 6.07) is 17.9. The molecule has 0 unspecified atom stereocenters. The molecule has 5 nitrogen and oxygen atoms in total. The number of nitrogen functional groups attached to an aromatic ring is 1. The van der Waals surface area contributed by atoms with Crippen molar-refractivity contribution in [3.8, 4) is 0 Å². The molecule has 1 atom stereocenters. The first-order valence-corrected chi connectivity index (χ1v) is 11.2. The zero-order chi connectivity index (χ0) is 24.3. The Bertz CT molecular complexity index is 1160. The van der Waals surface area contributed by atoms with Crippen molar-refractivity contribution >= 4 is 28.9 Å². The van der Waals surface area contributed by atoms with E-state index in [1.807, 2.05) is 41.3 Å². The number of hydrogen-bond acceptors (Lipinski definition) is 4. The van der Waals surface area contributed by atoms with Crippen LogP contribution in [0.25, 0.3) is 0 Å². The molecule has 3 aromatic rings. The van der Waals surface area contributed by atoms with Gasteiger partial charge < -0.3 is 15.5 Å². The number of pyridine rings is 1. The van der Waals surface area contributed by atoms with Crippen LogP contribution in [0, 0.1) is 0 Å². The lowest BCUT2D eigenvalue weighted by Crippen LogP contribution is -2.47. The highest BCUT2D eigenvalue weighted by Crippen LogP contribution is 2.36. The number of nitrogens with two attached hydrogens (primary N) is 1. The summed E-state index contributed by atoms with van der Waals surface area (Å²) in [7, 11) is 0. The smallest absolute Gasteiger partial charge is 0.399 e. The molecule has 0 bridgehead atoms. The number of hydrogen-bond donors (Lipinski definition) is 1. The van der Waals surface area contributed by atoms with Crippen molar-refractivity contribution in [3.63, 3.8) is 0 Å². The minimum absolute atomic E-state index is 0.0987. The van der Waals surface area contributed by atoms with Crippen LogP contribution in [0.4, 0.5) is 24.5 Å². The van der Waals surface area contributed by atoms with Gasteiger partial charge in [0, 0.05) is 47.3 Å². The lowest BCUT2D eigenvalue weighted by molar-refractivity contribution is -0.186. The highest BCUT2D eigenvalue weighted by molar-refractivity contribution is 6.31. The van der Waals surface area contributed by atoms with Gasteiger partial charge in [-0.15, -0.1) is 0 Å². The number of nitrogens with zero attached hydrogens (tertiary/aromatic N) is 3. The topological polar surface area (TPSA) is 62.5 Å². The number of benzene rings is 2. The van der Waals surface area contributed by atoms with E-state index >= 15 is 0 Å². The Hall–Kier alpha value is -3.26. The first-order chi connectivity index (χ1) is 16.2. The quantitative estimate of drug-likeness (QED) is 0.534. The van der Waals surface area contributed by atoms with E-state index in [4.69, 9.17) is 17.3 Å². The molecule has 178 valence electrons. The number of carbonyl (C=O) groups is 1. The maximum atomic E-state index is 13.4. The number of alkyl halides is 3. The molecule has 2 aromatic carbocycles. The molecule has 1 aliphatic rings. The highest BCUT2D eigenvalue weighted by Gasteiger charge is 2.44. The third-order valence-corrected chi connectivity index (χ3v) is 6.29. The number of aromatic nitrogens is 1. The molecule has 34 heavy (non-hydrogen) atoms. The number of amides is 1. The Morgan fingerprint density at radius 3 is 2.59 bits per heavy atom. The summed E-state index contributed by atoms with van der Waals surface area (Å²) in [6.07, 6.45) is -2.22. The summed E-state index contributed by atoms with van der Waals surface area (Å²) in [5.74, 6) is -1.87. The van der Waals surface area contributed by atoms with Crippen LogP contribution in [0.2, 0.25) is 5.02 Å². The van der Waals surface area contributed by atoms with E-state index < -0.39 is 18.1 Å². The SMILES string of the molecule is Nc1ccnc(CN2c3cccc(Cl)c3CN(C(=O)C(F)(F)F)C[C@H]2CCc2ccccc2)c1. The molecule has 0 saturated carbocycles. The van der Waals surface area contributed by atoms with Crippen molar-refractivity contribution in [1.82, 2.24) is 9.88 Å². The molecule has 4 rings (SSSR count). The van der Waals surface area contributed by atoms with Crippen molar-refractivity contribution in [2.24, 2.45) is 0 Å². The van der Waals surface area contributed by atoms with Gasteiger partial charge in [0.2, 0.25) is 0 Å². The van der Waals surface area contributed by atoms with E-state index in [9.17, 15) is 18.0 Å². The van der Waals surface area contributed by atoms with Crippen LogP contribution in [0.3, 0.4) is 0 Å². The zero-order valence-electron chi connectivity index (χ0n) is 18.3. The largest absolute Gasteiger partial charge is 0.471 e. The molecule has 1 aliphatic heterocycles. The van der Waals surface area contributed by atoms with E-state index in [0.29, 0.717) is 47.0 Å². The van der Waals surface area contributed by atoms with Crippen molar-refractivity contribution in [2.75, 3.05) is 17.2 Å². The third kappa shape index (κ3) is 5.44. The van der Waals surface area contributed by atoms with E-state index in [1.165, 1.54) is 0 Å². The molecule has 1 aromatic heterocycles. The number of fused-ring (bicyclic) bond motifs is 1. The molecule has 9 heteroatoms. The van der Waals surface area contributed by atoms with Gasteiger partial charge >= 0.3 is 12.1 Å². The first kappa shape index (κ1) is 23.9. The molecular formula is C25H24ClF3N4O. The van der Waals surface area contributed by atoms with Gasteiger partial charge in [0.25, 0.3) is 0 Å². The van der Waals surface area contributed by atoms with Gasteiger partial charge in [-0.25, -0.2) is 0 Å². The first-order valence-electron chi connectivity index (χ1n) is 10.9. The summed E-state index contributed by atoms with van der Waals surface area (Å²) in [5.41, 5.74) is 9.38. The maximum Gasteiger partial charge on any atom is 0.471 e. The van der Waals surface area contributed by atoms with Gasteiger partial charge in [0.1, 0.15) is 0 Å². The van der Waals surface area contributed by atoms with Crippen LogP contribution >= 0.6 is 11.6 Å². The van der Waals surface area contributed by atoms with E-state index in [0.717, 1.165) is 10.5 Å². The lowest BCUT2D eigenvalue weighted by Gasteiger charge is -2.34. The maximum absolute atomic E-state index is 13.4. The van der Waals surface area contributed by atoms with Crippen molar-refractivity contribution in [2.45, 2.75) is 38.1 Å².